The Balaban J connectivity index is 1.82. The molecule has 0 spiro atoms. The van der Waals surface area contributed by atoms with Gasteiger partial charge in [-0.2, -0.15) is 16.6 Å². The highest BCUT2D eigenvalue weighted by Gasteiger charge is 2.39. The number of rotatable bonds is 7. The molecule has 2 aromatic rings. The van der Waals surface area contributed by atoms with Crippen LogP contribution in [0.1, 0.15) is 29.7 Å². The van der Waals surface area contributed by atoms with E-state index in [1.165, 1.54) is 18.4 Å². The van der Waals surface area contributed by atoms with E-state index in [1.807, 2.05) is 6.07 Å². The van der Waals surface area contributed by atoms with Gasteiger partial charge in [-0.15, -0.1) is 11.3 Å². The van der Waals surface area contributed by atoms with E-state index in [4.69, 9.17) is 0 Å². The third kappa shape index (κ3) is 3.33. The molecule has 0 amide bonds. The number of hydrogen-bond donors (Lipinski definition) is 0. The van der Waals surface area contributed by atoms with E-state index in [9.17, 15) is 5.26 Å². The molecule has 0 aliphatic heterocycles. The molecule has 2 aromatic heterocycles. The van der Waals surface area contributed by atoms with Crippen LogP contribution in [0.4, 0.5) is 0 Å². The van der Waals surface area contributed by atoms with Crippen molar-refractivity contribution in [2.75, 3.05) is 13.6 Å². The third-order valence-corrected chi connectivity index (χ3v) is 5.98. The van der Waals surface area contributed by atoms with Crippen LogP contribution in [0.3, 0.4) is 0 Å². The molecule has 0 bridgehead atoms. The summed E-state index contributed by atoms with van der Waals surface area (Å²) < 4.78 is 0. The minimum atomic E-state index is -0.538. The third-order valence-electron chi connectivity index (χ3n) is 4.26. The Morgan fingerprint density at radius 3 is 2.86 bits per heavy atom. The van der Waals surface area contributed by atoms with Crippen molar-refractivity contribution in [1.82, 2.24) is 4.90 Å². The van der Waals surface area contributed by atoms with Gasteiger partial charge in [-0.25, -0.2) is 0 Å². The summed E-state index contributed by atoms with van der Waals surface area (Å²) in [6, 6.07) is 8.86. The summed E-state index contributed by atoms with van der Waals surface area (Å²) in [7, 11) is 2.10. The van der Waals surface area contributed by atoms with Crippen LogP contribution < -0.4 is 0 Å². The molecule has 1 saturated carbocycles. The van der Waals surface area contributed by atoms with Gasteiger partial charge in [0.05, 0.1) is 6.07 Å². The van der Waals surface area contributed by atoms with Crippen LogP contribution in [-0.4, -0.2) is 18.5 Å². The molecule has 0 radical (unpaired) electrons. The summed E-state index contributed by atoms with van der Waals surface area (Å²) in [4.78, 5) is 3.40. The van der Waals surface area contributed by atoms with Gasteiger partial charge in [0.15, 0.2) is 0 Å². The van der Waals surface area contributed by atoms with Crippen LogP contribution in [0.5, 0.6) is 0 Å². The maximum absolute atomic E-state index is 9.99. The molecule has 4 heteroatoms. The molecule has 1 aliphatic rings. The number of nitriles is 1. The highest BCUT2D eigenvalue weighted by atomic mass is 32.1. The summed E-state index contributed by atoms with van der Waals surface area (Å²) in [5.41, 5.74) is 0.677. The molecular weight excluding hydrogens is 308 g/mol. The predicted molar refractivity (Wildman–Crippen MR) is 94.9 cm³/mol. The lowest BCUT2D eigenvalue weighted by molar-refractivity contribution is 0.173. The van der Waals surface area contributed by atoms with Crippen LogP contribution in [0.15, 0.2) is 40.4 Å². The summed E-state index contributed by atoms with van der Waals surface area (Å²) in [6.45, 7) is 1.01. The number of nitrogens with zero attached hydrogens (tertiary/aromatic N) is 2. The first-order valence-corrected chi connectivity index (χ1v) is 9.42. The van der Waals surface area contributed by atoms with Crippen molar-refractivity contribution in [3.63, 3.8) is 0 Å². The van der Waals surface area contributed by atoms with E-state index < -0.39 is 5.54 Å². The Labute approximate surface area is 140 Å². The average molecular weight is 329 g/mol. The van der Waals surface area contributed by atoms with Crippen LogP contribution in [0, 0.1) is 17.2 Å². The number of thiophene rings is 2. The molecule has 114 valence electrons. The lowest BCUT2D eigenvalue weighted by Gasteiger charge is -2.35. The standard InChI is InChI=1S/C18H20N2S2/c1-20(12-15-6-7-15)18(14-19,17-5-3-10-22-17)9-2-4-16-8-11-21-13-16/h2-5,8,10-11,13,15H,6-7,9,12H2,1H3. The second-order valence-electron chi connectivity index (χ2n) is 5.94. The van der Waals surface area contributed by atoms with Gasteiger partial charge in [0.25, 0.3) is 0 Å². The van der Waals surface area contributed by atoms with Gasteiger partial charge in [0.2, 0.25) is 0 Å². The van der Waals surface area contributed by atoms with Crippen LogP contribution in [-0.2, 0) is 5.54 Å². The van der Waals surface area contributed by atoms with Crippen molar-refractivity contribution in [3.8, 4) is 6.07 Å². The molecule has 0 N–H and O–H groups in total. The number of hydrogen-bond acceptors (Lipinski definition) is 4. The van der Waals surface area contributed by atoms with Gasteiger partial charge in [-0.3, -0.25) is 4.90 Å². The van der Waals surface area contributed by atoms with Gasteiger partial charge in [0, 0.05) is 17.8 Å². The fraction of sp³-hybridized carbons (Fsp3) is 0.389. The van der Waals surface area contributed by atoms with Gasteiger partial charge >= 0.3 is 0 Å². The SMILES string of the molecule is CN(CC1CC1)C(C#N)(CC=Cc1ccsc1)c1cccs1. The molecule has 1 fully saturated rings. The summed E-state index contributed by atoms with van der Waals surface area (Å²) >= 11 is 3.38. The second kappa shape index (κ2) is 6.78. The maximum atomic E-state index is 9.99. The molecule has 1 aliphatic carbocycles. The van der Waals surface area contributed by atoms with Gasteiger partial charge in [-0.05, 0) is 59.6 Å². The lowest BCUT2D eigenvalue weighted by atomic mass is 9.92. The molecular formula is C18H20N2S2. The largest absolute Gasteiger partial charge is 0.284 e. The first-order chi connectivity index (χ1) is 10.7. The predicted octanol–water partition coefficient (Wildman–Crippen LogP) is 4.97. The quantitative estimate of drug-likeness (QED) is 0.717. The van der Waals surface area contributed by atoms with E-state index in [0.29, 0.717) is 0 Å². The Bertz CT molecular complexity index is 648. The van der Waals surface area contributed by atoms with E-state index in [0.717, 1.165) is 23.8 Å². The molecule has 2 heterocycles. The molecule has 0 saturated heterocycles. The van der Waals surface area contributed by atoms with Crippen molar-refractivity contribution in [3.05, 3.63) is 50.9 Å². The van der Waals surface area contributed by atoms with Crippen LogP contribution >= 0.6 is 22.7 Å². The lowest BCUT2D eigenvalue weighted by Crippen LogP contribution is -2.42. The van der Waals surface area contributed by atoms with E-state index >= 15 is 0 Å². The molecule has 0 aromatic carbocycles. The molecule has 2 nitrogen and oxygen atoms in total. The van der Waals surface area contributed by atoms with Crippen LogP contribution in [0.25, 0.3) is 6.08 Å². The monoisotopic (exact) mass is 328 g/mol. The average Bonchev–Trinajstić information content (AvgIpc) is 2.98. The minimum absolute atomic E-state index is 0.538. The van der Waals surface area contributed by atoms with Crippen molar-refractivity contribution < 1.29 is 0 Å². The summed E-state index contributed by atoms with van der Waals surface area (Å²) in [6.07, 6.45) is 7.61. The highest BCUT2D eigenvalue weighted by Crippen LogP contribution is 2.38. The van der Waals surface area contributed by atoms with Crippen molar-refractivity contribution in [1.29, 1.82) is 5.26 Å². The van der Waals surface area contributed by atoms with Crippen LogP contribution in [0.2, 0.25) is 0 Å². The highest BCUT2D eigenvalue weighted by molar-refractivity contribution is 7.10. The Kier molecular flexibility index (Phi) is 4.77. The van der Waals surface area contributed by atoms with Crippen molar-refractivity contribution in [2.45, 2.75) is 24.8 Å². The zero-order valence-electron chi connectivity index (χ0n) is 12.7. The topological polar surface area (TPSA) is 27.0 Å². The molecule has 3 rings (SSSR count). The summed E-state index contributed by atoms with van der Waals surface area (Å²) in [5.74, 6) is 0.776. The summed E-state index contributed by atoms with van der Waals surface area (Å²) in [5, 5.41) is 16.3. The Morgan fingerprint density at radius 1 is 1.41 bits per heavy atom. The van der Waals surface area contributed by atoms with Crippen molar-refractivity contribution in [2.24, 2.45) is 5.92 Å². The minimum Gasteiger partial charge on any atom is -0.284 e. The fourth-order valence-electron chi connectivity index (χ4n) is 2.72. The fourth-order valence-corrected chi connectivity index (χ4v) is 4.29. The molecule has 22 heavy (non-hydrogen) atoms. The van der Waals surface area contributed by atoms with Gasteiger partial charge in [-0.1, -0.05) is 18.2 Å². The van der Waals surface area contributed by atoms with Gasteiger partial charge in [0.1, 0.15) is 5.54 Å². The second-order valence-corrected chi connectivity index (χ2v) is 7.66. The Morgan fingerprint density at radius 2 is 2.27 bits per heavy atom. The van der Waals surface area contributed by atoms with Crippen molar-refractivity contribution >= 4 is 28.7 Å². The van der Waals surface area contributed by atoms with E-state index in [-0.39, 0.29) is 0 Å². The smallest absolute Gasteiger partial charge is 0.147 e. The van der Waals surface area contributed by atoms with Gasteiger partial charge < -0.3 is 0 Å². The van der Waals surface area contributed by atoms with E-state index in [2.05, 4.69) is 58.4 Å². The zero-order valence-corrected chi connectivity index (χ0v) is 14.4. The first kappa shape index (κ1) is 15.5. The maximum Gasteiger partial charge on any atom is 0.147 e. The normalized spacial score (nSPS) is 17.7. The zero-order chi connectivity index (χ0) is 15.4. The molecule has 1 atom stereocenters. The van der Waals surface area contributed by atoms with E-state index in [1.54, 1.807) is 22.7 Å². The first-order valence-electron chi connectivity index (χ1n) is 7.60. The molecule has 1 unspecified atom stereocenters. The Hall–Kier alpha value is -1.41.